The average Bonchev–Trinajstić information content (AvgIpc) is 2.97. The fraction of sp³-hybridized carbons (Fsp3) is 0.538. The third-order valence-electron chi connectivity index (χ3n) is 3.44. The van der Waals surface area contributed by atoms with Crippen LogP contribution >= 0.6 is 0 Å². The number of hydrogen-bond acceptors (Lipinski definition) is 5. The van der Waals surface area contributed by atoms with E-state index in [9.17, 15) is 8.42 Å². The van der Waals surface area contributed by atoms with Gasteiger partial charge in [-0.3, -0.25) is 5.84 Å². The van der Waals surface area contributed by atoms with Crippen LogP contribution in [0.25, 0.3) is 0 Å². The van der Waals surface area contributed by atoms with Crippen LogP contribution in [0.15, 0.2) is 29.2 Å². The van der Waals surface area contributed by atoms with Gasteiger partial charge in [-0.1, -0.05) is 19.1 Å². The molecule has 0 spiro atoms. The number of hydrazine groups is 1. The predicted molar refractivity (Wildman–Crippen MR) is 77.7 cm³/mol. The Morgan fingerprint density at radius 1 is 1.45 bits per heavy atom. The van der Waals surface area contributed by atoms with Crippen LogP contribution in [0.4, 0.5) is 5.69 Å². The predicted octanol–water partition coefficient (Wildman–Crippen LogP) is 1.16. The molecule has 3 N–H and O–H groups in total. The number of ether oxygens (including phenoxy) is 1. The number of nitrogens with two attached hydrogens (primary N) is 1. The summed E-state index contributed by atoms with van der Waals surface area (Å²) in [6.07, 6.45) is 1.88. The molecule has 0 aromatic heterocycles. The highest BCUT2D eigenvalue weighted by Gasteiger charge is 2.29. The van der Waals surface area contributed by atoms with Crippen LogP contribution in [0, 0.1) is 0 Å². The number of likely N-dealkylation sites (N-methyl/N-ethyl adjacent to an activating group) is 1. The summed E-state index contributed by atoms with van der Waals surface area (Å²) >= 11 is 0. The van der Waals surface area contributed by atoms with Gasteiger partial charge < -0.3 is 10.2 Å². The lowest BCUT2D eigenvalue weighted by Gasteiger charge is -2.24. The van der Waals surface area contributed by atoms with Gasteiger partial charge in [0, 0.05) is 19.7 Å². The monoisotopic (exact) mass is 299 g/mol. The normalized spacial score (nSPS) is 19.4. The van der Waals surface area contributed by atoms with Gasteiger partial charge in [0.15, 0.2) is 0 Å². The van der Waals surface area contributed by atoms with Crippen molar-refractivity contribution in [3.05, 3.63) is 24.3 Å². The lowest BCUT2D eigenvalue weighted by atomic mass is 10.2. The van der Waals surface area contributed by atoms with Crippen LogP contribution in [0.3, 0.4) is 0 Å². The number of nitrogen functional groups attached to an aromatic ring is 1. The maximum Gasteiger partial charge on any atom is 0.245 e. The molecule has 1 fully saturated rings. The Morgan fingerprint density at radius 3 is 2.80 bits per heavy atom. The van der Waals surface area contributed by atoms with Gasteiger partial charge in [0.05, 0.1) is 11.8 Å². The van der Waals surface area contributed by atoms with Crippen molar-refractivity contribution in [2.24, 2.45) is 5.84 Å². The van der Waals surface area contributed by atoms with Crippen LogP contribution in [-0.4, -0.2) is 38.5 Å². The van der Waals surface area contributed by atoms with E-state index in [1.165, 1.54) is 4.31 Å². The second-order valence-corrected chi connectivity index (χ2v) is 6.64. The van der Waals surface area contributed by atoms with Crippen molar-refractivity contribution < 1.29 is 13.2 Å². The average molecular weight is 299 g/mol. The third-order valence-corrected chi connectivity index (χ3v) is 5.44. The molecule has 0 aliphatic carbocycles. The number of anilines is 1. The highest BCUT2D eigenvalue weighted by Crippen LogP contribution is 2.25. The smallest absolute Gasteiger partial charge is 0.245 e. The van der Waals surface area contributed by atoms with Crippen LogP contribution < -0.4 is 11.3 Å². The van der Waals surface area contributed by atoms with Gasteiger partial charge in [-0.25, -0.2) is 8.42 Å². The lowest BCUT2D eigenvalue weighted by molar-refractivity contribution is 0.0947. The SMILES string of the molecule is CCN(CC1CCCO1)S(=O)(=O)c1ccccc1NN. The van der Waals surface area contributed by atoms with E-state index in [1.807, 2.05) is 6.92 Å². The first kappa shape index (κ1) is 15.2. The fourth-order valence-electron chi connectivity index (χ4n) is 2.36. The van der Waals surface area contributed by atoms with Crippen molar-refractivity contribution in [3.63, 3.8) is 0 Å². The van der Waals surface area contributed by atoms with Gasteiger partial charge in [-0.2, -0.15) is 4.31 Å². The molecule has 7 heteroatoms. The first-order valence-corrected chi connectivity index (χ1v) is 8.21. The Kier molecular flexibility index (Phi) is 4.98. The summed E-state index contributed by atoms with van der Waals surface area (Å²) in [4.78, 5) is 0.197. The van der Waals surface area contributed by atoms with Crippen molar-refractivity contribution in [1.29, 1.82) is 0 Å². The van der Waals surface area contributed by atoms with Gasteiger partial charge in [-0.15, -0.1) is 0 Å². The zero-order valence-corrected chi connectivity index (χ0v) is 12.4. The van der Waals surface area contributed by atoms with Crippen molar-refractivity contribution in [1.82, 2.24) is 4.31 Å². The van der Waals surface area contributed by atoms with Gasteiger partial charge in [-0.05, 0) is 25.0 Å². The molecule has 2 rings (SSSR count). The minimum absolute atomic E-state index is 0.0114. The van der Waals surface area contributed by atoms with Crippen molar-refractivity contribution in [2.45, 2.75) is 30.8 Å². The van der Waals surface area contributed by atoms with Gasteiger partial charge in [0.1, 0.15) is 4.90 Å². The summed E-state index contributed by atoms with van der Waals surface area (Å²) in [7, 11) is -3.57. The van der Waals surface area contributed by atoms with Crippen molar-refractivity contribution in [2.75, 3.05) is 25.1 Å². The van der Waals surface area contributed by atoms with Crippen LogP contribution in [0.1, 0.15) is 19.8 Å². The highest BCUT2D eigenvalue weighted by molar-refractivity contribution is 7.89. The number of sulfonamides is 1. The molecule has 0 radical (unpaired) electrons. The van der Waals surface area contributed by atoms with E-state index in [0.717, 1.165) is 12.8 Å². The molecule has 0 amide bonds. The molecule has 112 valence electrons. The molecular formula is C13H21N3O3S. The molecule has 1 unspecified atom stereocenters. The quantitative estimate of drug-likeness (QED) is 0.608. The van der Waals surface area contributed by atoms with E-state index >= 15 is 0 Å². The Hall–Kier alpha value is -1.15. The van der Waals surface area contributed by atoms with E-state index in [4.69, 9.17) is 10.6 Å². The lowest BCUT2D eigenvalue weighted by Crippen LogP contribution is -2.37. The summed E-state index contributed by atoms with van der Waals surface area (Å²) in [5.41, 5.74) is 2.84. The molecule has 1 aromatic carbocycles. The number of benzene rings is 1. The molecule has 1 aliphatic heterocycles. The minimum atomic E-state index is -3.57. The maximum absolute atomic E-state index is 12.7. The molecule has 20 heavy (non-hydrogen) atoms. The molecule has 1 aromatic rings. The van der Waals surface area contributed by atoms with Gasteiger partial charge in [0.2, 0.25) is 10.0 Å². The Balaban J connectivity index is 2.26. The van der Waals surface area contributed by atoms with E-state index in [0.29, 0.717) is 25.4 Å². The Bertz CT molecular complexity index is 542. The zero-order chi connectivity index (χ0) is 14.6. The molecular weight excluding hydrogens is 278 g/mol. The van der Waals surface area contributed by atoms with Crippen LogP contribution in [0.2, 0.25) is 0 Å². The second-order valence-electron chi connectivity index (χ2n) is 4.73. The highest BCUT2D eigenvalue weighted by atomic mass is 32.2. The minimum Gasteiger partial charge on any atom is -0.377 e. The van der Waals surface area contributed by atoms with Gasteiger partial charge >= 0.3 is 0 Å². The number of rotatable bonds is 6. The van der Waals surface area contributed by atoms with E-state index < -0.39 is 10.0 Å². The molecule has 0 bridgehead atoms. The van der Waals surface area contributed by atoms with Crippen LogP contribution in [0.5, 0.6) is 0 Å². The second kappa shape index (κ2) is 6.53. The largest absolute Gasteiger partial charge is 0.377 e. The third kappa shape index (κ3) is 3.12. The zero-order valence-electron chi connectivity index (χ0n) is 11.6. The number of hydrogen-bond donors (Lipinski definition) is 2. The Morgan fingerprint density at radius 2 is 2.20 bits per heavy atom. The molecule has 6 nitrogen and oxygen atoms in total. The summed E-state index contributed by atoms with van der Waals surface area (Å²) in [5, 5.41) is 0. The number of nitrogens with one attached hydrogen (secondary N) is 1. The molecule has 0 saturated carbocycles. The summed E-state index contributed by atoms with van der Waals surface area (Å²) in [6, 6.07) is 6.63. The summed E-state index contributed by atoms with van der Waals surface area (Å²) < 4.78 is 32.4. The summed E-state index contributed by atoms with van der Waals surface area (Å²) in [6.45, 7) is 3.33. The first-order chi connectivity index (χ1) is 9.59. The molecule has 1 atom stereocenters. The topological polar surface area (TPSA) is 84.7 Å². The van der Waals surface area contributed by atoms with E-state index in [-0.39, 0.29) is 11.0 Å². The fourth-order valence-corrected chi connectivity index (χ4v) is 4.00. The van der Waals surface area contributed by atoms with E-state index in [2.05, 4.69) is 5.43 Å². The Labute approximate surface area is 119 Å². The van der Waals surface area contributed by atoms with Gasteiger partial charge in [0.25, 0.3) is 0 Å². The first-order valence-electron chi connectivity index (χ1n) is 6.77. The summed E-state index contributed by atoms with van der Waals surface area (Å²) in [5.74, 6) is 5.39. The molecule has 1 heterocycles. The molecule has 1 saturated heterocycles. The van der Waals surface area contributed by atoms with Crippen LogP contribution in [-0.2, 0) is 14.8 Å². The number of nitrogens with zero attached hydrogens (tertiary/aromatic N) is 1. The van der Waals surface area contributed by atoms with Crippen molar-refractivity contribution in [3.8, 4) is 0 Å². The van der Waals surface area contributed by atoms with E-state index in [1.54, 1.807) is 24.3 Å². The molecule has 1 aliphatic rings. The standard InChI is InChI=1S/C13H21N3O3S/c1-2-16(10-11-6-5-9-19-11)20(17,18)13-8-4-3-7-12(13)15-14/h3-4,7-8,11,15H,2,5-6,9-10,14H2,1H3. The maximum atomic E-state index is 12.7. The number of para-hydroxylation sites is 1. The van der Waals surface area contributed by atoms with Crippen molar-refractivity contribution >= 4 is 15.7 Å².